The van der Waals surface area contributed by atoms with Crippen molar-refractivity contribution in [1.82, 2.24) is 9.97 Å². The maximum Gasteiger partial charge on any atom is 0.0708 e. The zero-order valence-electron chi connectivity index (χ0n) is 16.0. The van der Waals surface area contributed by atoms with E-state index in [1.165, 1.54) is 29.5 Å². The molecule has 0 N–H and O–H groups in total. The van der Waals surface area contributed by atoms with Crippen LogP contribution in [0.25, 0.3) is 22.5 Å². The van der Waals surface area contributed by atoms with Crippen molar-refractivity contribution in [1.29, 1.82) is 0 Å². The minimum Gasteiger partial charge on any atom is -0.256 e. The molecule has 4 aromatic rings. The summed E-state index contributed by atoms with van der Waals surface area (Å²) in [7, 11) is 0. The summed E-state index contributed by atoms with van der Waals surface area (Å²) in [6.45, 7) is 0. The fourth-order valence-electron chi connectivity index (χ4n) is 3.47. The molecule has 0 amide bonds. The molecule has 2 nitrogen and oxygen atoms in total. The van der Waals surface area contributed by atoms with Crippen molar-refractivity contribution in [3.8, 4) is 22.5 Å². The van der Waals surface area contributed by atoms with E-state index in [1.54, 1.807) is 0 Å². The number of aromatic nitrogens is 2. The zero-order valence-corrected chi connectivity index (χ0v) is 16.0. The largest absolute Gasteiger partial charge is 0.256 e. The third kappa shape index (κ3) is 4.72. The first-order valence-corrected chi connectivity index (χ1v) is 9.89. The highest BCUT2D eigenvalue weighted by Crippen LogP contribution is 2.24. The molecule has 4 rings (SSSR count). The van der Waals surface area contributed by atoms with E-state index >= 15 is 0 Å². The summed E-state index contributed by atoms with van der Waals surface area (Å²) in [5.74, 6) is 0. The molecule has 138 valence electrons. The Hall–Kier alpha value is -3.26. The van der Waals surface area contributed by atoms with E-state index in [-0.39, 0.29) is 0 Å². The fraction of sp³-hybridized carbons (Fsp3) is 0.154. The highest BCUT2D eigenvalue weighted by atomic mass is 14.7. The van der Waals surface area contributed by atoms with Gasteiger partial charge >= 0.3 is 0 Å². The lowest BCUT2D eigenvalue weighted by molar-refractivity contribution is 0.734. The summed E-state index contributed by atoms with van der Waals surface area (Å²) in [5, 5.41) is 0. The number of hydrogen-bond donors (Lipinski definition) is 0. The predicted molar refractivity (Wildman–Crippen MR) is 116 cm³/mol. The highest BCUT2D eigenvalue weighted by molar-refractivity contribution is 5.68. The lowest BCUT2D eigenvalue weighted by Gasteiger charge is -2.07. The van der Waals surface area contributed by atoms with Gasteiger partial charge in [-0.3, -0.25) is 9.97 Å². The Labute approximate surface area is 167 Å². The summed E-state index contributed by atoms with van der Waals surface area (Å²) in [5.41, 5.74) is 7.03. The summed E-state index contributed by atoms with van der Waals surface area (Å²) in [4.78, 5) is 9.03. The maximum absolute atomic E-state index is 4.58. The van der Waals surface area contributed by atoms with Crippen molar-refractivity contribution in [2.75, 3.05) is 0 Å². The van der Waals surface area contributed by atoms with E-state index < -0.39 is 0 Å². The monoisotopic (exact) mass is 364 g/mol. The number of unbranched alkanes of at least 4 members (excludes halogenated alkanes) is 1. The Morgan fingerprint density at radius 1 is 0.500 bits per heavy atom. The Kier molecular flexibility index (Phi) is 5.89. The molecule has 0 unspecified atom stereocenters. The Bertz CT molecular complexity index is 1010. The molecular formula is C26H24N2. The van der Waals surface area contributed by atoms with Gasteiger partial charge in [-0.15, -0.1) is 0 Å². The number of nitrogens with zero attached hydrogens (tertiary/aromatic N) is 2. The number of hydrogen-bond acceptors (Lipinski definition) is 2. The Balaban J connectivity index is 1.42. The van der Waals surface area contributed by atoms with E-state index in [4.69, 9.17) is 0 Å². The van der Waals surface area contributed by atoms with E-state index in [2.05, 4.69) is 70.6 Å². The molecule has 28 heavy (non-hydrogen) atoms. The van der Waals surface area contributed by atoms with Gasteiger partial charge in [0.2, 0.25) is 0 Å². The summed E-state index contributed by atoms with van der Waals surface area (Å²) in [6.07, 6.45) is 8.34. The first kappa shape index (κ1) is 18.1. The molecule has 0 radical (unpaired) electrons. The van der Waals surface area contributed by atoms with Crippen LogP contribution in [0.5, 0.6) is 0 Å². The third-order valence-electron chi connectivity index (χ3n) is 4.97. The van der Waals surface area contributed by atoms with Crippen LogP contribution in [0.3, 0.4) is 0 Å². The molecule has 2 heteroatoms. The molecule has 0 saturated carbocycles. The van der Waals surface area contributed by atoms with Crippen LogP contribution in [0.1, 0.15) is 24.0 Å². The Morgan fingerprint density at radius 3 is 2.04 bits per heavy atom. The molecule has 0 saturated heterocycles. The highest BCUT2D eigenvalue weighted by Gasteiger charge is 2.05. The van der Waals surface area contributed by atoms with Crippen molar-refractivity contribution >= 4 is 0 Å². The van der Waals surface area contributed by atoms with Gasteiger partial charge in [0.1, 0.15) is 0 Å². The van der Waals surface area contributed by atoms with Gasteiger partial charge < -0.3 is 0 Å². The topological polar surface area (TPSA) is 25.8 Å². The lowest BCUT2D eigenvalue weighted by Crippen LogP contribution is -1.91. The van der Waals surface area contributed by atoms with Gasteiger partial charge in [-0.1, -0.05) is 54.6 Å². The average Bonchev–Trinajstić information content (AvgIpc) is 2.78. The van der Waals surface area contributed by atoms with Gasteiger partial charge in [0.25, 0.3) is 0 Å². The molecule has 0 spiro atoms. The molecule has 0 aliphatic heterocycles. The number of benzene rings is 2. The second-order valence-electron chi connectivity index (χ2n) is 7.04. The predicted octanol–water partition coefficient (Wildman–Crippen LogP) is 6.38. The van der Waals surface area contributed by atoms with Crippen LogP contribution in [0.4, 0.5) is 0 Å². The van der Waals surface area contributed by atoms with Crippen LogP contribution in [0.15, 0.2) is 97.3 Å². The summed E-state index contributed by atoms with van der Waals surface area (Å²) < 4.78 is 0. The van der Waals surface area contributed by atoms with Gasteiger partial charge in [-0.05, 0) is 67.1 Å². The number of pyridine rings is 2. The SMILES string of the molecule is c1ccc(CCCCc2cccc(-c3cc(-c4ccccn4)ccn3)c2)cc1. The zero-order chi connectivity index (χ0) is 19.0. The van der Waals surface area contributed by atoms with E-state index in [9.17, 15) is 0 Å². The van der Waals surface area contributed by atoms with E-state index in [0.717, 1.165) is 29.8 Å². The average molecular weight is 364 g/mol. The Morgan fingerprint density at radius 2 is 1.21 bits per heavy atom. The van der Waals surface area contributed by atoms with Crippen LogP contribution in [0, 0.1) is 0 Å². The molecule has 0 atom stereocenters. The minimum atomic E-state index is 0.975. The summed E-state index contributed by atoms with van der Waals surface area (Å²) >= 11 is 0. The van der Waals surface area contributed by atoms with Crippen LogP contribution in [-0.4, -0.2) is 9.97 Å². The minimum absolute atomic E-state index is 0.975. The van der Waals surface area contributed by atoms with Crippen LogP contribution < -0.4 is 0 Å². The maximum atomic E-state index is 4.58. The van der Waals surface area contributed by atoms with Gasteiger partial charge in [0, 0.05) is 23.5 Å². The molecule has 0 bridgehead atoms. The molecule has 2 aromatic heterocycles. The summed E-state index contributed by atoms with van der Waals surface area (Å²) in [6, 6.07) is 29.6. The first-order chi connectivity index (χ1) is 13.9. The molecule has 0 fully saturated rings. The van der Waals surface area contributed by atoms with Crippen LogP contribution in [-0.2, 0) is 12.8 Å². The quantitative estimate of drug-likeness (QED) is 0.356. The second kappa shape index (κ2) is 9.09. The van der Waals surface area contributed by atoms with Crippen molar-refractivity contribution in [3.05, 3.63) is 108 Å². The lowest BCUT2D eigenvalue weighted by atomic mass is 10.0. The van der Waals surface area contributed by atoms with Crippen LogP contribution >= 0.6 is 0 Å². The number of aryl methyl sites for hydroxylation is 2. The fourth-order valence-corrected chi connectivity index (χ4v) is 3.47. The smallest absolute Gasteiger partial charge is 0.0708 e. The molecule has 2 aromatic carbocycles. The van der Waals surface area contributed by atoms with Crippen molar-refractivity contribution in [2.24, 2.45) is 0 Å². The van der Waals surface area contributed by atoms with Gasteiger partial charge in [0.05, 0.1) is 11.4 Å². The number of rotatable bonds is 7. The van der Waals surface area contributed by atoms with Gasteiger partial charge in [-0.2, -0.15) is 0 Å². The van der Waals surface area contributed by atoms with Crippen molar-refractivity contribution in [3.63, 3.8) is 0 Å². The second-order valence-corrected chi connectivity index (χ2v) is 7.04. The molecular weight excluding hydrogens is 340 g/mol. The van der Waals surface area contributed by atoms with E-state index in [1.807, 2.05) is 36.7 Å². The normalized spacial score (nSPS) is 10.7. The first-order valence-electron chi connectivity index (χ1n) is 9.89. The van der Waals surface area contributed by atoms with Gasteiger partial charge in [0.15, 0.2) is 0 Å². The molecule has 0 aliphatic rings. The van der Waals surface area contributed by atoms with Gasteiger partial charge in [-0.25, -0.2) is 0 Å². The van der Waals surface area contributed by atoms with Crippen LogP contribution in [0.2, 0.25) is 0 Å². The molecule has 0 aliphatic carbocycles. The van der Waals surface area contributed by atoms with Crippen molar-refractivity contribution in [2.45, 2.75) is 25.7 Å². The standard InChI is InChI=1S/C26H24N2/c1-2-9-21(10-3-1)11-4-5-12-22-13-8-14-23(19-22)26-20-24(16-18-28-26)25-15-6-7-17-27-25/h1-3,6-10,13-20H,4-5,11-12H2. The third-order valence-corrected chi connectivity index (χ3v) is 4.97. The van der Waals surface area contributed by atoms with Crippen molar-refractivity contribution < 1.29 is 0 Å². The molecule has 2 heterocycles. The van der Waals surface area contributed by atoms with E-state index in [0.29, 0.717) is 0 Å².